The van der Waals surface area contributed by atoms with Crippen LogP contribution in [0, 0.1) is 0 Å². The quantitative estimate of drug-likeness (QED) is 0.660. The summed E-state index contributed by atoms with van der Waals surface area (Å²) in [5.41, 5.74) is 0.580. The van der Waals surface area contributed by atoms with Crippen LogP contribution in [0.4, 0.5) is 0 Å². The summed E-state index contributed by atoms with van der Waals surface area (Å²) in [6.45, 7) is 0.463. The molecule has 1 amide bonds. The molecule has 2 heterocycles. The fourth-order valence-electron chi connectivity index (χ4n) is 2.95. The van der Waals surface area contributed by atoms with Crippen molar-refractivity contribution < 1.29 is 4.79 Å². The largest absolute Gasteiger partial charge is 0.354 e. The van der Waals surface area contributed by atoms with Crippen LogP contribution in [-0.4, -0.2) is 26.8 Å². The molecule has 0 unspecified atom stereocenters. The van der Waals surface area contributed by atoms with Crippen molar-refractivity contribution in [2.45, 2.75) is 31.8 Å². The van der Waals surface area contributed by atoms with Gasteiger partial charge in [-0.1, -0.05) is 17.7 Å². The Balaban J connectivity index is 1.49. The van der Waals surface area contributed by atoms with Crippen LogP contribution >= 0.6 is 22.9 Å². The Hall–Kier alpha value is -2.38. The summed E-state index contributed by atoms with van der Waals surface area (Å²) < 4.78 is 2.95. The van der Waals surface area contributed by atoms with E-state index in [1.807, 2.05) is 29.6 Å². The van der Waals surface area contributed by atoms with Gasteiger partial charge in [0.25, 0.3) is 0 Å². The van der Waals surface area contributed by atoms with E-state index < -0.39 is 0 Å². The highest BCUT2D eigenvalue weighted by Gasteiger charge is 2.30. The molecule has 0 radical (unpaired) electrons. The number of nitrogens with zero attached hydrogens (tertiary/aromatic N) is 3. The van der Waals surface area contributed by atoms with E-state index in [0.29, 0.717) is 17.4 Å². The van der Waals surface area contributed by atoms with E-state index >= 15 is 0 Å². The van der Waals surface area contributed by atoms with Crippen LogP contribution in [0.1, 0.15) is 23.8 Å². The van der Waals surface area contributed by atoms with E-state index in [0.717, 1.165) is 24.8 Å². The second-order valence-electron chi connectivity index (χ2n) is 6.55. The maximum atomic E-state index is 12.8. The van der Waals surface area contributed by atoms with Gasteiger partial charge in [0, 0.05) is 28.0 Å². The Morgan fingerprint density at radius 1 is 1.26 bits per heavy atom. The molecule has 1 aromatic carbocycles. The van der Waals surface area contributed by atoms with Crippen molar-refractivity contribution in [3.05, 3.63) is 62.2 Å². The van der Waals surface area contributed by atoms with Crippen molar-refractivity contribution in [1.29, 1.82) is 0 Å². The number of amides is 1. The number of hydrogen-bond acceptors (Lipinski definition) is 4. The fraction of sp³-hybridized carbons (Fsp3) is 0.316. The molecule has 0 atom stereocenters. The first kappa shape index (κ1) is 18.0. The number of carbonyl (C=O) groups is 1. The second-order valence-corrected chi connectivity index (χ2v) is 8.02. The summed E-state index contributed by atoms with van der Waals surface area (Å²) in [5, 5.41) is 9.93. The zero-order chi connectivity index (χ0) is 18.8. The van der Waals surface area contributed by atoms with Crippen LogP contribution in [0.15, 0.2) is 46.6 Å². The molecule has 1 saturated carbocycles. The van der Waals surface area contributed by atoms with Gasteiger partial charge in [0.05, 0.1) is 0 Å². The van der Waals surface area contributed by atoms with Gasteiger partial charge in [-0.3, -0.25) is 9.36 Å². The highest BCUT2D eigenvalue weighted by molar-refractivity contribution is 7.09. The Morgan fingerprint density at radius 2 is 2.04 bits per heavy atom. The van der Waals surface area contributed by atoms with Gasteiger partial charge in [-0.05, 0) is 55.0 Å². The van der Waals surface area contributed by atoms with Crippen LogP contribution in [0.3, 0.4) is 0 Å². The molecule has 3 aromatic rings. The van der Waals surface area contributed by atoms with Gasteiger partial charge in [-0.2, -0.15) is 0 Å². The van der Waals surface area contributed by atoms with Gasteiger partial charge >= 0.3 is 5.69 Å². The topological polar surface area (TPSA) is 68.9 Å². The molecule has 8 heteroatoms. The molecule has 4 rings (SSSR count). The maximum absolute atomic E-state index is 12.8. The monoisotopic (exact) mass is 402 g/mol. The van der Waals surface area contributed by atoms with Crippen LogP contribution in [0.5, 0.6) is 0 Å². The second kappa shape index (κ2) is 7.70. The zero-order valence-corrected chi connectivity index (χ0v) is 16.2. The first-order chi connectivity index (χ1) is 13.1. The molecule has 0 spiro atoms. The van der Waals surface area contributed by atoms with E-state index in [2.05, 4.69) is 10.4 Å². The van der Waals surface area contributed by atoms with Gasteiger partial charge in [0.2, 0.25) is 5.91 Å². The molecule has 1 N–H and O–H groups in total. The smallest absolute Gasteiger partial charge is 0.346 e. The molecular formula is C19H19ClN4O2S. The van der Waals surface area contributed by atoms with Crippen LogP contribution in [0.25, 0.3) is 11.4 Å². The normalized spacial score (nSPS) is 13.7. The van der Waals surface area contributed by atoms with Gasteiger partial charge in [0.1, 0.15) is 6.54 Å². The predicted octanol–water partition coefficient (Wildman–Crippen LogP) is 3.12. The van der Waals surface area contributed by atoms with Crippen molar-refractivity contribution in [2.75, 3.05) is 6.54 Å². The number of halogens is 1. The Morgan fingerprint density at radius 3 is 2.70 bits per heavy atom. The van der Waals surface area contributed by atoms with E-state index in [4.69, 9.17) is 11.6 Å². The number of benzene rings is 1. The molecule has 27 heavy (non-hydrogen) atoms. The molecule has 6 nitrogen and oxygen atoms in total. The zero-order valence-electron chi connectivity index (χ0n) is 14.6. The van der Waals surface area contributed by atoms with Gasteiger partial charge < -0.3 is 5.32 Å². The van der Waals surface area contributed by atoms with E-state index in [1.54, 1.807) is 28.0 Å². The third kappa shape index (κ3) is 4.14. The van der Waals surface area contributed by atoms with Crippen molar-refractivity contribution in [3.8, 4) is 11.4 Å². The summed E-state index contributed by atoms with van der Waals surface area (Å²) in [6, 6.07) is 11.4. The Bertz CT molecular complexity index is 988. The van der Waals surface area contributed by atoms with E-state index in [9.17, 15) is 9.59 Å². The van der Waals surface area contributed by atoms with Gasteiger partial charge in [-0.15, -0.1) is 16.4 Å². The Kier molecular flexibility index (Phi) is 5.13. The van der Waals surface area contributed by atoms with Crippen LogP contribution in [0.2, 0.25) is 5.02 Å². The summed E-state index contributed by atoms with van der Waals surface area (Å²) >= 11 is 7.62. The van der Waals surface area contributed by atoms with Crippen molar-refractivity contribution >= 4 is 28.8 Å². The van der Waals surface area contributed by atoms with Crippen molar-refractivity contribution in [1.82, 2.24) is 19.7 Å². The lowest BCUT2D eigenvalue weighted by molar-refractivity contribution is -0.121. The number of thiophene rings is 1. The molecule has 140 valence electrons. The van der Waals surface area contributed by atoms with Gasteiger partial charge in [-0.25, -0.2) is 9.48 Å². The SMILES string of the molecule is O=C(Cn1nc(-c2ccc(Cl)cc2)n(C2CC2)c1=O)NCCc1cccs1. The van der Waals surface area contributed by atoms with Crippen molar-refractivity contribution in [2.24, 2.45) is 0 Å². The average molecular weight is 403 g/mol. The molecule has 0 bridgehead atoms. The molecule has 1 aliphatic carbocycles. The summed E-state index contributed by atoms with van der Waals surface area (Å²) in [6.07, 6.45) is 2.70. The number of rotatable bonds is 7. The van der Waals surface area contributed by atoms with Crippen LogP contribution < -0.4 is 11.0 Å². The standard InChI is InChI=1S/C19H19ClN4O2S/c20-14-5-3-13(4-6-14)18-22-23(19(26)24(18)15-7-8-15)12-17(25)21-10-9-16-2-1-11-27-16/h1-6,11,15H,7-10,12H2,(H,21,25). The molecule has 1 aliphatic rings. The minimum Gasteiger partial charge on any atom is -0.354 e. The first-order valence-corrected chi connectivity index (χ1v) is 10.1. The fourth-order valence-corrected chi connectivity index (χ4v) is 3.79. The Labute approximate surface area is 165 Å². The molecule has 1 fully saturated rings. The highest BCUT2D eigenvalue weighted by atomic mass is 35.5. The lowest BCUT2D eigenvalue weighted by atomic mass is 10.2. The average Bonchev–Trinajstić information content (AvgIpc) is 3.25. The number of hydrogen-bond donors (Lipinski definition) is 1. The molecule has 0 aliphatic heterocycles. The maximum Gasteiger partial charge on any atom is 0.346 e. The minimum absolute atomic E-state index is 0.0798. The molecular weight excluding hydrogens is 384 g/mol. The first-order valence-electron chi connectivity index (χ1n) is 8.86. The third-order valence-corrected chi connectivity index (χ3v) is 5.64. The van der Waals surface area contributed by atoms with E-state index in [1.165, 1.54) is 9.56 Å². The lowest BCUT2D eigenvalue weighted by Crippen LogP contribution is -2.34. The number of carbonyl (C=O) groups excluding carboxylic acids is 1. The summed E-state index contributed by atoms with van der Waals surface area (Å²) in [7, 11) is 0. The lowest BCUT2D eigenvalue weighted by Gasteiger charge is -2.03. The number of aromatic nitrogens is 3. The molecule has 0 saturated heterocycles. The molecule has 2 aromatic heterocycles. The highest BCUT2D eigenvalue weighted by Crippen LogP contribution is 2.36. The van der Waals surface area contributed by atoms with Crippen molar-refractivity contribution in [3.63, 3.8) is 0 Å². The van der Waals surface area contributed by atoms with Gasteiger partial charge in [0.15, 0.2) is 5.82 Å². The third-order valence-electron chi connectivity index (χ3n) is 4.45. The number of nitrogens with one attached hydrogen (secondary N) is 1. The van der Waals surface area contributed by atoms with E-state index in [-0.39, 0.29) is 24.2 Å². The summed E-state index contributed by atoms with van der Waals surface area (Å²) in [4.78, 5) is 26.2. The summed E-state index contributed by atoms with van der Waals surface area (Å²) in [5.74, 6) is 0.377. The minimum atomic E-state index is -0.240. The van der Waals surface area contributed by atoms with Crippen LogP contribution in [-0.2, 0) is 17.8 Å². The predicted molar refractivity (Wildman–Crippen MR) is 106 cm³/mol.